The number of rotatable bonds is 6. The van der Waals surface area contributed by atoms with Crippen molar-refractivity contribution < 1.29 is 18.3 Å². The molecule has 2 aromatic rings. The molecule has 28 heavy (non-hydrogen) atoms. The molecule has 150 valence electrons. The van der Waals surface area contributed by atoms with Crippen LogP contribution in [0.4, 0.5) is 5.69 Å². The Morgan fingerprint density at radius 3 is 2.36 bits per heavy atom. The first-order valence-electron chi connectivity index (χ1n) is 8.78. The third-order valence-corrected chi connectivity index (χ3v) is 7.30. The number of carboxylic acid groups (broad SMARTS) is 1. The summed E-state index contributed by atoms with van der Waals surface area (Å²) < 4.78 is 27.4. The molecule has 0 spiro atoms. The van der Waals surface area contributed by atoms with Crippen LogP contribution in [-0.2, 0) is 21.2 Å². The average molecular weight is 443 g/mol. The summed E-state index contributed by atoms with van der Waals surface area (Å²) in [6.45, 7) is 1.77. The Bertz CT molecular complexity index is 974. The Balaban J connectivity index is 1.70. The number of aliphatic carboxylic acids is 1. The van der Waals surface area contributed by atoms with Crippen LogP contribution in [0.1, 0.15) is 12.0 Å². The van der Waals surface area contributed by atoms with Gasteiger partial charge in [0.15, 0.2) is 0 Å². The van der Waals surface area contributed by atoms with Crippen LogP contribution >= 0.6 is 23.2 Å². The predicted octanol–water partition coefficient (Wildman–Crippen LogP) is 3.52. The van der Waals surface area contributed by atoms with Crippen LogP contribution in [0.25, 0.3) is 0 Å². The number of hydrogen-bond donors (Lipinski definition) is 1. The van der Waals surface area contributed by atoms with Crippen molar-refractivity contribution in [1.29, 1.82) is 0 Å². The third kappa shape index (κ3) is 4.78. The molecule has 1 saturated heterocycles. The second kappa shape index (κ2) is 8.69. The molecule has 1 aliphatic heterocycles. The SMILES string of the molecule is O=C(O)CCc1cccc(S(=O)(=O)N2CCN(c3ccc(Cl)c(Cl)c3)CC2)c1. The van der Waals surface area contributed by atoms with Gasteiger partial charge in [-0.1, -0.05) is 35.3 Å². The van der Waals surface area contributed by atoms with Crippen LogP contribution in [0.3, 0.4) is 0 Å². The number of carboxylic acids is 1. The van der Waals surface area contributed by atoms with Gasteiger partial charge >= 0.3 is 5.97 Å². The number of anilines is 1. The lowest BCUT2D eigenvalue weighted by molar-refractivity contribution is -0.136. The van der Waals surface area contributed by atoms with Crippen molar-refractivity contribution in [2.75, 3.05) is 31.1 Å². The second-order valence-corrected chi connectivity index (χ2v) is 9.28. The average Bonchev–Trinajstić information content (AvgIpc) is 2.69. The molecule has 3 rings (SSSR count). The van der Waals surface area contributed by atoms with E-state index in [9.17, 15) is 13.2 Å². The highest BCUT2D eigenvalue weighted by Crippen LogP contribution is 2.28. The minimum atomic E-state index is -3.63. The number of carbonyl (C=O) groups is 1. The Morgan fingerprint density at radius 2 is 1.71 bits per heavy atom. The van der Waals surface area contributed by atoms with E-state index < -0.39 is 16.0 Å². The monoisotopic (exact) mass is 442 g/mol. The van der Waals surface area contributed by atoms with Crippen molar-refractivity contribution in [3.05, 3.63) is 58.1 Å². The van der Waals surface area contributed by atoms with Crippen molar-refractivity contribution in [2.45, 2.75) is 17.7 Å². The van der Waals surface area contributed by atoms with Crippen molar-refractivity contribution >= 4 is 44.9 Å². The van der Waals surface area contributed by atoms with E-state index >= 15 is 0 Å². The van der Waals surface area contributed by atoms with Gasteiger partial charge in [0.2, 0.25) is 10.0 Å². The second-order valence-electron chi connectivity index (χ2n) is 6.53. The topological polar surface area (TPSA) is 77.9 Å². The minimum absolute atomic E-state index is 0.0359. The predicted molar refractivity (Wildman–Crippen MR) is 110 cm³/mol. The first-order valence-corrected chi connectivity index (χ1v) is 11.0. The molecule has 0 aromatic heterocycles. The van der Waals surface area contributed by atoms with Crippen LogP contribution in [0.5, 0.6) is 0 Å². The summed E-state index contributed by atoms with van der Waals surface area (Å²) in [6, 6.07) is 11.9. The number of piperazine rings is 1. The summed E-state index contributed by atoms with van der Waals surface area (Å²) in [5.41, 5.74) is 1.60. The van der Waals surface area contributed by atoms with Crippen LogP contribution in [0, 0.1) is 0 Å². The smallest absolute Gasteiger partial charge is 0.303 e. The van der Waals surface area contributed by atoms with Crippen LogP contribution in [0.15, 0.2) is 47.4 Å². The Kier molecular flexibility index (Phi) is 6.50. The van der Waals surface area contributed by atoms with Gasteiger partial charge in [0.05, 0.1) is 14.9 Å². The Hall–Kier alpha value is -1.80. The first-order chi connectivity index (χ1) is 13.3. The molecule has 0 atom stereocenters. The van der Waals surface area contributed by atoms with E-state index in [1.165, 1.54) is 4.31 Å². The minimum Gasteiger partial charge on any atom is -0.481 e. The number of nitrogens with zero attached hydrogens (tertiary/aromatic N) is 2. The fourth-order valence-corrected chi connectivity index (χ4v) is 4.92. The van der Waals surface area contributed by atoms with E-state index in [1.807, 2.05) is 6.07 Å². The quantitative estimate of drug-likeness (QED) is 0.739. The molecule has 9 heteroatoms. The molecule has 1 N–H and O–H groups in total. The summed E-state index contributed by atoms with van der Waals surface area (Å²) >= 11 is 12.0. The van der Waals surface area contributed by atoms with E-state index in [4.69, 9.17) is 28.3 Å². The van der Waals surface area contributed by atoms with E-state index in [2.05, 4.69) is 4.90 Å². The molecule has 0 amide bonds. The van der Waals surface area contributed by atoms with Gasteiger partial charge in [-0.3, -0.25) is 4.79 Å². The molecule has 0 saturated carbocycles. The van der Waals surface area contributed by atoms with Gasteiger partial charge in [-0.05, 0) is 42.3 Å². The highest BCUT2D eigenvalue weighted by Gasteiger charge is 2.28. The zero-order valence-electron chi connectivity index (χ0n) is 15.0. The normalized spacial score (nSPS) is 15.6. The molecule has 0 bridgehead atoms. The fourth-order valence-electron chi connectivity index (χ4n) is 3.13. The zero-order chi connectivity index (χ0) is 20.3. The van der Waals surface area contributed by atoms with Gasteiger partial charge < -0.3 is 10.0 Å². The van der Waals surface area contributed by atoms with Gasteiger partial charge in [-0.25, -0.2) is 8.42 Å². The van der Waals surface area contributed by atoms with E-state index in [-0.39, 0.29) is 11.3 Å². The number of benzene rings is 2. The van der Waals surface area contributed by atoms with Crippen molar-refractivity contribution in [3.8, 4) is 0 Å². The number of halogens is 2. The molecule has 1 fully saturated rings. The van der Waals surface area contributed by atoms with Crippen LogP contribution < -0.4 is 4.90 Å². The lowest BCUT2D eigenvalue weighted by Crippen LogP contribution is -2.48. The first kappa shape index (κ1) is 20.9. The van der Waals surface area contributed by atoms with Crippen LogP contribution in [0.2, 0.25) is 10.0 Å². The van der Waals surface area contributed by atoms with E-state index in [0.29, 0.717) is 48.2 Å². The van der Waals surface area contributed by atoms with E-state index in [1.54, 1.807) is 36.4 Å². The Labute approximate surface area is 174 Å². The molecular formula is C19H20Cl2N2O4S. The summed E-state index contributed by atoms with van der Waals surface area (Å²) in [4.78, 5) is 13.0. The van der Waals surface area contributed by atoms with Crippen molar-refractivity contribution in [1.82, 2.24) is 4.31 Å². The standard InChI is InChI=1S/C19H20Cl2N2O4S/c20-17-6-5-15(13-18(17)21)22-8-10-23(11-9-22)28(26,27)16-3-1-2-14(12-16)4-7-19(24)25/h1-3,5-6,12-13H,4,7-11H2,(H,24,25). The molecule has 0 radical (unpaired) electrons. The summed E-state index contributed by atoms with van der Waals surface area (Å²) in [6.07, 6.45) is 0.260. The van der Waals surface area contributed by atoms with Crippen LogP contribution in [-0.4, -0.2) is 50.0 Å². The lowest BCUT2D eigenvalue weighted by Gasteiger charge is -2.35. The lowest BCUT2D eigenvalue weighted by atomic mass is 10.1. The van der Waals surface area contributed by atoms with Gasteiger partial charge in [0.25, 0.3) is 0 Å². The van der Waals surface area contributed by atoms with Crippen molar-refractivity contribution in [3.63, 3.8) is 0 Å². The summed E-state index contributed by atoms with van der Waals surface area (Å²) in [5.74, 6) is -0.910. The molecule has 2 aromatic carbocycles. The summed E-state index contributed by atoms with van der Waals surface area (Å²) in [5, 5.41) is 9.76. The largest absolute Gasteiger partial charge is 0.481 e. The molecule has 1 heterocycles. The Morgan fingerprint density at radius 1 is 1.00 bits per heavy atom. The van der Waals surface area contributed by atoms with Gasteiger partial charge in [-0.2, -0.15) is 4.31 Å². The number of hydrogen-bond acceptors (Lipinski definition) is 4. The third-order valence-electron chi connectivity index (χ3n) is 4.67. The fraction of sp³-hybridized carbons (Fsp3) is 0.316. The molecular weight excluding hydrogens is 423 g/mol. The van der Waals surface area contributed by atoms with Crippen molar-refractivity contribution in [2.24, 2.45) is 0 Å². The number of sulfonamides is 1. The van der Waals surface area contributed by atoms with Gasteiger partial charge in [0.1, 0.15) is 0 Å². The maximum Gasteiger partial charge on any atom is 0.303 e. The highest BCUT2D eigenvalue weighted by atomic mass is 35.5. The molecule has 0 unspecified atom stereocenters. The molecule has 0 aliphatic carbocycles. The van der Waals surface area contributed by atoms with E-state index in [0.717, 1.165) is 5.69 Å². The molecule has 1 aliphatic rings. The highest BCUT2D eigenvalue weighted by molar-refractivity contribution is 7.89. The maximum absolute atomic E-state index is 13.0. The summed E-state index contributed by atoms with van der Waals surface area (Å²) in [7, 11) is -3.63. The van der Waals surface area contributed by atoms with Gasteiger partial charge in [-0.15, -0.1) is 0 Å². The van der Waals surface area contributed by atoms with Gasteiger partial charge in [0, 0.05) is 38.3 Å². The zero-order valence-corrected chi connectivity index (χ0v) is 17.3. The maximum atomic E-state index is 13.0. The number of aryl methyl sites for hydroxylation is 1. The molecule has 6 nitrogen and oxygen atoms in total.